The number of nitrogens with one attached hydrogen (secondary N) is 3. The molecule has 2 saturated carbocycles. The Labute approximate surface area is 246 Å². The van der Waals surface area contributed by atoms with E-state index in [9.17, 15) is 4.79 Å². The van der Waals surface area contributed by atoms with Crippen LogP contribution in [0.15, 0.2) is 76.7 Å². The standard InChI is InChI=1S/C16H23N3.C11H13N.C8H9NO/c1-11-5-6-13(16(19-4)7-8-16)9-14(11)15(10-18-3)12(2)17;1-3-6-10-7-4-5-8-11(10)9-12-2;1-2-5-9-8(6-10)7-3-4-7/h5-6,9-10,19H,7-8,17H2,1-4H3;4-8,12H,1,9H2,2H3;1,6,9H,3-5H2/b15-12+,18-10?;;. The van der Waals surface area contributed by atoms with Crippen molar-refractivity contribution in [3.63, 3.8) is 0 Å². The van der Waals surface area contributed by atoms with Crippen molar-refractivity contribution in [2.75, 3.05) is 27.7 Å². The number of allylic oxidation sites excluding steroid dienone is 4. The number of benzene rings is 2. The Morgan fingerprint density at radius 3 is 2.41 bits per heavy atom. The van der Waals surface area contributed by atoms with Crippen molar-refractivity contribution >= 4 is 24.1 Å². The van der Waals surface area contributed by atoms with Crippen molar-refractivity contribution < 1.29 is 4.79 Å². The normalized spacial score (nSPS) is 14.6. The highest BCUT2D eigenvalue weighted by Crippen LogP contribution is 2.45. The molecule has 2 aromatic rings. The highest BCUT2D eigenvalue weighted by Gasteiger charge is 2.42. The largest absolute Gasteiger partial charge is 0.402 e. The zero-order valence-electron chi connectivity index (χ0n) is 25.2. The fraction of sp³-hybridized carbons (Fsp3) is 0.343. The Hall–Kier alpha value is -4.14. The van der Waals surface area contributed by atoms with Gasteiger partial charge in [0.2, 0.25) is 0 Å². The monoisotopic (exact) mass is 551 g/mol. The van der Waals surface area contributed by atoms with Gasteiger partial charge < -0.3 is 21.7 Å². The lowest BCUT2D eigenvalue weighted by atomic mass is 9.94. The molecule has 2 fully saturated rings. The minimum Gasteiger partial charge on any atom is -0.402 e. The summed E-state index contributed by atoms with van der Waals surface area (Å²) in [5, 5.41) is 9.41. The van der Waals surface area contributed by atoms with E-state index in [1.165, 1.54) is 46.2 Å². The van der Waals surface area contributed by atoms with Gasteiger partial charge in [0.05, 0.1) is 12.2 Å². The molecule has 0 aliphatic heterocycles. The first-order chi connectivity index (χ1) is 19.8. The Balaban J connectivity index is 0.000000230. The molecule has 2 aliphatic rings. The predicted octanol–water partition coefficient (Wildman–Crippen LogP) is 5.25. The minimum absolute atomic E-state index is 0.180. The maximum absolute atomic E-state index is 10.3. The summed E-state index contributed by atoms with van der Waals surface area (Å²) in [6.07, 6.45) is 14.1. The van der Waals surface area contributed by atoms with Crippen LogP contribution in [0.5, 0.6) is 0 Å². The molecule has 0 heterocycles. The molecule has 0 atom stereocenters. The molecule has 5 N–H and O–H groups in total. The number of nitrogens with zero attached hydrogens (tertiary/aromatic N) is 1. The van der Waals surface area contributed by atoms with Crippen LogP contribution in [0.25, 0.3) is 11.6 Å². The quantitative estimate of drug-likeness (QED) is 0.106. The number of hydrogen-bond acceptors (Lipinski definition) is 6. The van der Waals surface area contributed by atoms with E-state index in [0.29, 0.717) is 12.2 Å². The van der Waals surface area contributed by atoms with Crippen molar-refractivity contribution in [1.82, 2.24) is 16.0 Å². The van der Waals surface area contributed by atoms with Crippen LogP contribution in [0, 0.1) is 19.3 Å². The molecule has 41 heavy (non-hydrogen) atoms. The topological polar surface area (TPSA) is 91.5 Å². The number of carbonyl (C=O) groups excluding carboxylic acids is 1. The van der Waals surface area contributed by atoms with Gasteiger partial charge in [-0.25, -0.2) is 0 Å². The average molecular weight is 552 g/mol. The summed E-state index contributed by atoms with van der Waals surface area (Å²) in [7, 11) is 5.75. The summed E-state index contributed by atoms with van der Waals surface area (Å²) >= 11 is 0. The van der Waals surface area contributed by atoms with Crippen LogP contribution in [-0.2, 0) is 16.9 Å². The molecule has 0 amide bonds. The predicted molar refractivity (Wildman–Crippen MR) is 174 cm³/mol. The number of hydrogen-bond donors (Lipinski definition) is 4. The van der Waals surface area contributed by atoms with Crippen LogP contribution in [-0.4, -0.2) is 40.2 Å². The van der Waals surface area contributed by atoms with Gasteiger partial charge in [0.25, 0.3) is 0 Å². The SMILES string of the molecule is C#CCNC(C=O)=C1CC1.C=C=Cc1ccccc1CNC.CN=C/C(=C(/C)N)c1cc(C2(NC)CC2)ccc1C. The third-order valence-electron chi connectivity index (χ3n) is 7.05. The van der Waals surface area contributed by atoms with E-state index in [-0.39, 0.29) is 5.54 Å². The Morgan fingerprint density at radius 1 is 1.20 bits per heavy atom. The second kappa shape index (κ2) is 16.8. The number of terminal acetylenes is 1. The van der Waals surface area contributed by atoms with E-state index in [1.54, 1.807) is 7.05 Å². The van der Waals surface area contributed by atoms with Gasteiger partial charge in [-0.1, -0.05) is 48.9 Å². The third kappa shape index (κ3) is 10.1. The second-order valence-electron chi connectivity index (χ2n) is 10.1. The van der Waals surface area contributed by atoms with E-state index in [1.807, 2.05) is 45.4 Å². The van der Waals surface area contributed by atoms with Gasteiger partial charge in [-0.3, -0.25) is 9.79 Å². The lowest BCUT2D eigenvalue weighted by molar-refractivity contribution is -0.105. The molecule has 0 saturated heterocycles. The highest BCUT2D eigenvalue weighted by atomic mass is 16.1. The van der Waals surface area contributed by atoms with Crippen molar-refractivity contribution in [1.29, 1.82) is 0 Å². The summed E-state index contributed by atoms with van der Waals surface area (Å²) in [6, 6.07) is 14.9. The minimum atomic E-state index is 0.180. The molecule has 6 heteroatoms. The van der Waals surface area contributed by atoms with Crippen LogP contribution in [0.1, 0.15) is 60.4 Å². The van der Waals surface area contributed by atoms with Crippen LogP contribution in [0.2, 0.25) is 0 Å². The summed E-state index contributed by atoms with van der Waals surface area (Å²) < 4.78 is 0. The van der Waals surface area contributed by atoms with E-state index in [0.717, 1.165) is 36.9 Å². The van der Waals surface area contributed by atoms with Crippen LogP contribution < -0.4 is 21.7 Å². The van der Waals surface area contributed by atoms with Crippen molar-refractivity contribution in [3.05, 3.63) is 99.6 Å². The fourth-order valence-electron chi connectivity index (χ4n) is 4.40. The van der Waals surface area contributed by atoms with Crippen LogP contribution >= 0.6 is 0 Å². The lowest BCUT2D eigenvalue weighted by Gasteiger charge is -2.18. The molecule has 2 aliphatic carbocycles. The lowest BCUT2D eigenvalue weighted by Crippen LogP contribution is -2.24. The van der Waals surface area contributed by atoms with Crippen molar-refractivity contribution in [2.24, 2.45) is 10.7 Å². The third-order valence-corrected chi connectivity index (χ3v) is 7.05. The summed E-state index contributed by atoms with van der Waals surface area (Å²) in [6.45, 7) is 8.92. The number of aldehydes is 1. The summed E-state index contributed by atoms with van der Waals surface area (Å²) in [5.41, 5.74) is 18.9. The van der Waals surface area contributed by atoms with Gasteiger partial charge in [-0.2, -0.15) is 0 Å². The van der Waals surface area contributed by atoms with E-state index >= 15 is 0 Å². The number of rotatable bonds is 10. The van der Waals surface area contributed by atoms with Gasteiger partial charge >= 0.3 is 0 Å². The Kier molecular flexibility index (Phi) is 13.6. The van der Waals surface area contributed by atoms with Gasteiger partial charge in [-0.15, -0.1) is 12.2 Å². The maximum Gasteiger partial charge on any atom is 0.165 e. The summed E-state index contributed by atoms with van der Waals surface area (Å²) in [5.74, 6) is 2.41. The van der Waals surface area contributed by atoms with Crippen LogP contribution in [0.3, 0.4) is 0 Å². The number of aryl methyl sites for hydroxylation is 1. The molecular weight excluding hydrogens is 506 g/mol. The zero-order valence-corrected chi connectivity index (χ0v) is 25.2. The molecule has 0 bridgehead atoms. The summed E-state index contributed by atoms with van der Waals surface area (Å²) in [4.78, 5) is 14.4. The molecule has 4 rings (SSSR count). The number of carbonyl (C=O) groups is 1. The molecule has 2 aromatic carbocycles. The molecule has 0 spiro atoms. The van der Waals surface area contributed by atoms with Crippen molar-refractivity contribution in [3.8, 4) is 12.3 Å². The Bertz CT molecular complexity index is 1360. The van der Waals surface area contributed by atoms with E-state index < -0.39 is 0 Å². The Morgan fingerprint density at radius 2 is 1.90 bits per heavy atom. The molecule has 0 unspecified atom stereocenters. The van der Waals surface area contributed by atoms with Gasteiger partial charge in [0, 0.05) is 36.6 Å². The van der Waals surface area contributed by atoms with Crippen molar-refractivity contribution in [2.45, 2.75) is 51.6 Å². The fourth-order valence-corrected chi connectivity index (χ4v) is 4.40. The van der Waals surface area contributed by atoms with Gasteiger partial charge in [0.1, 0.15) is 0 Å². The first kappa shape index (κ1) is 33.1. The average Bonchev–Trinajstić information content (AvgIpc) is 3.90. The number of nitrogens with two attached hydrogens (primary N) is 1. The number of aliphatic imine (C=N–C) groups is 1. The molecule has 216 valence electrons. The van der Waals surface area contributed by atoms with E-state index in [4.69, 9.17) is 12.2 Å². The zero-order chi connectivity index (χ0) is 30.3. The maximum atomic E-state index is 10.3. The first-order valence-corrected chi connectivity index (χ1v) is 13.9. The van der Waals surface area contributed by atoms with E-state index in [2.05, 4.69) is 76.4 Å². The highest BCUT2D eigenvalue weighted by molar-refractivity contribution is 6.11. The second-order valence-corrected chi connectivity index (χ2v) is 10.1. The van der Waals surface area contributed by atoms with Gasteiger partial charge in [-0.05, 0) is 99.2 Å². The van der Waals surface area contributed by atoms with Crippen LogP contribution in [0.4, 0.5) is 0 Å². The molecule has 6 nitrogen and oxygen atoms in total. The molecule has 0 radical (unpaired) electrons. The smallest absolute Gasteiger partial charge is 0.165 e. The molecular formula is C35H45N5O. The van der Waals surface area contributed by atoms with Gasteiger partial charge in [0.15, 0.2) is 6.29 Å². The molecule has 0 aromatic heterocycles. The first-order valence-electron chi connectivity index (χ1n) is 13.9.